The number of H-pyrrole nitrogens is 1. The van der Waals surface area contributed by atoms with Gasteiger partial charge in [0, 0.05) is 12.0 Å². The van der Waals surface area contributed by atoms with Crippen LogP contribution in [-0.2, 0) is 6.42 Å². The van der Waals surface area contributed by atoms with Crippen LogP contribution in [0.15, 0.2) is 29.1 Å². The standard InChI is InChI=1S/C15H14FN5O2/c1-3-11-18-15-17-8(2)12(14(23)21(15)20-11)19-13(22)9-5-4-6-10(16)7-9/h4-7H,3H2,1-2H3,(H,19,22)(H,17,18,20). The molecule has 2 N–H and O–H groups in total. The molecule has 3 aromatic rings. The van der Waals surface area contributed by atoms with Gasteiger partial charge >= 0.3 is 0 Å². The van der Waals surface area contributed by atoms with Gasteiger partial charge in [0.1, 0.15) is 17.3 Å². The van der Waals surface area contributed by atoms with Gasteiger partial charge in [0.25, 0.3) is 17.2 Å². The second kappa shape index (κ2) is 5.64. The minimum atomic E-state index is -0.582. The Labute approximate surface area is 130 Å². The topological polar surface area (TPSA) is 92.2 Å². The van der Waals surface area contributed by atoms with Crippen molar-refractivity contribution in [1.29, 1.82) is 0 Å². The first kappa shape index (κ1) is 14.9. The number of carbonyl (C=O) groups excluding carboxylic acids is 1. The third-order valence-corrected chi connectivity index (χ3v) is 3.38. The van der Waals surface area contributed by atoms with Gasteiger partial charge in [0.15, 0.2) is 0 Å². The van der Waals surface area contributed by atoms with Crippen LogP contribution < -0.4 is 10.9 Å². The Bertz CT molecular complexity index is 960. The summed E-state index contributed by atoms with van der Waals surface area (Å²) < 4.78 is 14.4. The van der Waals surface area contributed by atoms with Crippen molar-refractivity contribution in [2.75, 3.05) is 5.32 Å². The summed E-state index contributed by atoms with van der Waals surface area (Å²) in [6, 6.07) is 5.22. The zero-order valence-corrected chi connectivity index (χ0v) is 12.6. The van der Waals surface area contributed by atoms with Crippen molar-refractivity contribution >= 4 is 17.4 Å². The predicted molar refractivity (Wildman–Crippen MR) is 82.1 cm³/mol. The summed E-state index contributed by atoms with van der Waals surface area (Å²) in [5, 5.41) is 5.31. The fourth-order valence-corrected chi connectivity index (χ4v) is 2.18. The van der Waals surface area contributed by atoms with Gasteiger partial charge in [-0.1, -0.05) is 13.0 Å². The summed E-state index contributed by atoms with van der Waals surface area (Å²) in [6.07, 6.45) is 0.618. The number of aryl methyl sites for hydroxylation is 2. The lowest BCUT2D eigenvalue weighted by molar-refractivity contribution is 0.102. The number of hydrogen-bond donors (Lipinski definition) is 2. The third-order valence-electron chi connectivity index (χ3n) is 3.38. The van der Waals surface area contributed by atoms with E-state index in [1.165, 1.54) is 22.7 Å². The monoisotopic (exact) mass is 315 g/mol. The van der Waals surface area contributed by atoms with Gasteiger partial charge < -0.3 is 5.32 Å². The van der Waals surface area contributed by atoms with Crippen LogP contribution in [0.5, 0.6) is 0 Å². The second-order valence-corrected chi connectivity index (χ2v) is 5.00. The zero-order chi connectivity index (χ0) is 16.6. The molecule has 0 aliphatic heterocycles. The maximum absolute atomic E-state index is 13.2. The number of aromatic nitrogens is 4. The van der Waals surface area contributed by atoms with Gasteiger partial charge in [0.05, 0.1) is 5.69 Å². The van der Waals surface area contributed by atoms with E-state index in [9.17, 15) is 14.0 Å². The molecular weight excluding hydrogens is 301 g/mol. The van der Waals surface area contributed by atoms with Gasteiger partial charge in [-0.25, -0.2) is 9.37 Å². The third kappa shape index (κ3) is 2.70. The van der Waals surface area contributed by atoms with Gasteiger partial charge in [-0.15, -0.1) is 0 Å². The Morgan fingerprint density at radius 2 is 2.17 bits per heavy atom. The van der Waals surface area contributed by atoms with E-state index < -0.39 is 17.3 Å². The van der Waals surface area contributed by atoms with Crippen LogP contribution in [0.25, 0.3) is 5.78 Å². The number of halogens is 1. The molecule has 118 valence electrons. The van der Waals surface area contributed by atoms with Crippen molar-refractivity contribution in [3.8, 4) is 0 Å². The van der Waals surface area contributed by atoms with Gasteiger partial charge in [-0.3, -0.25) is 14.7 Å². The highest BCUT2D eigenvalue weighted by Gasteiger charge is 2.16. The van der Waals surface area contributed by atoms with Crippen LogP contribution in [0.4, 0.5) is 10.1 Å². The molecule has 1 aromatic carbocycles. The lowest BCUT2D eigenvalue weighted by Gasteiger charge is -2.07. The smallest absolute Gasteiger partial charge is 0.298 e. The highest BCUT2D eigenvalue weighted by atomic mass is 19.1. The number of anilines is 1. The van der Waals surface area contributed by atoms with Crippen LogP contribution in [0.2, 0.25) is 0 Å². The number of nitrogens with zero attached hydrogens (tertiary/aromatic N) is 3. The van der Waals surface area contributed by atoms with Crippen molar-refractivity contribution in [2.24, 2.45) is 0 Å². The van der Waals surface area contributed by atoms with Crippen LogP contribution >= 0.6 is 0 Å². The summed E-state index contributed by atoms with van der Waals surface area (Å²) in [4.78, 5) is 33.0. The molecule has 0 bridgehead atoms. The van der Waals surface area contributed by atoms with Crippen molar-refractivity contribution in [2.45, 2.75) is 20.3 Å². The number of carbonyl (C=O) groups is 1. The molecule has 0 aliphatic carbocycles. The van der Waals surface area contributed by atoms with Gasteiger partial charge in [-0.05, 0) is 25.1 Å². The Balaban J connectivity index is 2.02. The predicted octanol–water partition coefficient (Wildman–Crippen LogP) is 1.68. The average molecular weight is 315 g/mol. The van der Waals surface area contributed by atoms with Crippen molar-refractivity contribution in [1.82, 2.24) is 19.6 Å². The molecule has 2 aromatic heterocycles. The van der Waals surface area contributed by atoms with Crippen LogP contribution in [0.3, 0.4) is 0 Å². The van der Waals surface area contributed by atoms with E-state index >= 15 is 0 Å². The molecule has 23 heavy (non-hydrogen) atoms. The molecule has 0 spiro atoms. The summed E-state index contributed by atoms with van der Waals surface area (Å²) in [7, 11) is 0. The highest BCUT2D eigenvalue weighted by Crippen LogP contribution is 2.11. The minimum Gasteiger partial charge on any atom is -0.316 e. The number of hydrogen-bond acceptors (Lipinski definition) is 4. The van der Waals surface area contributed by atoms with E-state index in [1.54, 1.807) is 6.92 Å². The van der Waals surface area contributed by atoms with Crippen LogP contribution in [-0.4, -0.2) is 25.5 Å². The molecule has 0 atom stereocenters. The molecule has 0 fully saturated rings. The summed E-state index contributed by atoms with van der Waals surface area (Å²) in [6.45, 7) is 3.49. The van der Waals surface area contributed by atoms with E-state index in [-0.39, 0.29) is 17.0 Å². The lowest BCUT2D eigenvalue weighted by atomic mass is 10.2. The number of rotatable bonds is 3. The highest BCUT2D eigenvalue weighted by molar-refractivity contribution is 6.04. The summed E-state index contributed by atoms with van der Waals surface area (Å²) in [5.74, 6) is -0.252. The molecule has 1 amide bonds. The number of amides is 1. The van der Waals surface area contributed by atoms with Crippen LogP contribution in [0, 0.1) is 12.7 Å². The molecule has 0 aliphatic rings. The maximum atomic E-state index is 13.2. The van der Waals surface area contributed by atoms with E-state index in [0.29, 0.717) is 17.9 Å². The fraction of sp³-hybridized carbons (Fsp3) is 0.200. The maximum Gasteiger partial charge on any atom is 0.298 e. The normalized spacial score (nSPS) is 10.9. The average Bonchev–Trinajstić information content (AvgIpc) is 2.94. The molecule has 2 heterocycles. The molecule has 8 heteroatoms. The summed E-state index contributed by atoms with van der Waals surface area (Å²) >= 11 is 0. The second-order valence-electron chi connectivity index (χ2n) is 5.00. The van der Waals surface area contributed by atoms with Crippen molar-refractivity contribution in [3.63, 3.8) is 0 Å². The van der Waals surface area contributed by atoms with Crippen LogP contribution in [0.1, 0.15) is 28.8 Å². The first-order valence-electron chi connectivity index (χ1n) is 7.04. The number of benzene rings is 1. The minimum absolute atomic E-state index is 0.0306. The quantitative estimate of drug-likeness (QED) is 0.769. The Morgan fingerprint density at radius 1 is 1.39 bits per heavy atom. The van der Waals surface area contributed by atoms with Crippen molar-refractivity contribution < 1.29 is 9.18 Å². The Kier molecular flexibility index (Phi) is 3.65. The first-order valence-corrected chi connectivity index (χ1v) is 7.04. The molecule has 7 nitrogen and oxygen atoms in total. The molecular formula is C15H14FN5O2. The zero-order valence-electron chi connectivity index (χ0n) is 12.6. The molecule has 3 rings (SSSR count). The SMILES string of the molecule is CCc1nc2nc(C)c(NC(=O)c3cccc(F)c3)c(=O)n2[nH]1. The number of fused-ring (bicyclic) bond motifs is 1. The Hall–Kier alpha value is -3.03. The molecule has 0 unspecified atom stereocenters. The number of nitrogens with one attached hydrogen (secondary N) is 2. The Morgan fingerprint density at radius 3 is 2.87 bits per heavy atom. The largest absolute Gasteiger partial charge is 0.316 e. The van der Waals surface area contributed by atoms with Gasteiger partial charge in [0.2, 0.25) is 0 Å². The van der Waals surface area contributed by atoms with E-state index in [2.05, 4.69) is 20.4 Å². The first-order chi connectivity index (χ1) is 11.0. The lowest BCUT2D eigenvalue weighted by Crippen LogP contribution is -2.25. The van der Waals surface area contributed by atoms with E-state index in [0.717, 1.165) is 6.07 Å². The van der Waals surface area contributed by atoms with E-state index in [4.69, 9.17) is 0 Å². The summed E-state index contributed by atoms with van der Waals surface area (Å²) in [5.41, 5.74) is 0.0224. The van der Waals surface area contributed by atoms with Crippen molar-refractivity contribution in [3.05, 3.63) is 57.5 Å². The van der Waals surface area contributed by atoms with Gasteiger partial charge in [-0.2, -0.15) is 9.50 Å². The fourth-order valence-electron chi connectivity index (χ4n) is 2.18. The molecule has 0 saturated carbocycles. The molecule has 0 radical (unpaired) electrons. The number of aromatic amines is 1. The molecule has 0 saturated heterocycles. The van der Waals surface area contributed by atoms with E-state index in [1.807, 2.05) is 6.92 Å².